The molecule has 0 aliphatic rings. The standard InChI is InChI=1S/C14H17N3O3S/c1-14(2,19)9-20-17-12(18)7-10-8-21-13(16-10)11-5-3-4-6-15-11/h3-6,8,19H,7,9H2,1-2H3,(H,17,18). The molecule has 2 N–H and O–H groups in total. The van der Waals surface area contributed by atoms with Gasteiger partial charge in [0.05, 0.1) is 23.4 Å². The van der Waals surface area contributed by atoms with E-state index in [0.717, 1.165) is 10.7 Å². The van der Waals surface area contributed by atoms with Crippen molar-refractivity contribution in [1.29, 1.82) is 0 Å². The summed E-state index contributed by atoms with van der Waals surface area (Å²) in [7, 11) is 0. The molecule has 0 aliphatic carbocycles. The molecule has 0 unspecified atom stereocenters. The van der Waals surface area contributed by atoms with Gasteiger partial charge in [0.15, 0.2) is 0 Å². The molecule has 2 heterocycles. The molecule has 2 aromatic rings. The number of rotatable bonds is 6. The first kappa shape index (κ1) is 15.6. The van der Waals surface area contributed by atoms with Crippen LogP contribution in [0.4, 0.5) is 0 Å². The van der Waals surface area contributed by atoms with Gasteiger partial charge in [-0.15, -0.1) is 11.3 Å². The van der Waals surface area contributed by atoms with Crippen molar-refractivity contribution < 1.29 is 14.7 Å². The van der Waals surface area contributed by atoms with Gasteiger partial charge < -0.3 is 5.11 Å². The number of pyridine rings is 1. The SMILES string of the molecule is CC(C)(O)CONC(=O)Cc1csc(-c2ccccn2)n1. The molecule has 112 valence electrons. The van der Waals surface area contributed by atoms with E-state index in [-0.39, 0.29) is 18.9 Å². The summed E-state index contributed by atoms with van der Waals surface area (Å²) in [5.74, 6) is -0.308. The third kappa shape index (κ3) is 5.22. The van der Waals surface area contributed by atoms with Crippen molar-refractivity contribution in [3.63, 3.8) is 0 Å². The number of aliphatic hydroxyl groups is 1. The number of carbonyl (C=O) groups excluding carboxylic acids is 1. The molecule has 0 saturated carbocycles. The summed E-state index contributed by atoms with van der Waals surface area (Å²) in [5, 5.41) is 12.0. The second-order valence-electron chi connectivity index (χ2n) is 5.16. The molecule has 0 radical (unpaired) electrons. The van der Waals surface area contributed by atoms with Crippen molar-refractivity contribution in [2.45, 2.75) is 25.9 Å². The summed E-state index contributed by atoms with van der Waals surface area (Å²) in [4.78, 5) is 25.2. The minimum absolute atomic E-state index is 0.0228. The topological polar surface area (TPSA) is 84.3 Å². The molecule has 0 atom stereocenters. The third-order valence-electron chi connectivity index (χ3n) is 2.39. The highest BCUT2D eigenvalue weighted by Gasteiger charge is 2.14. The highest BCUT2D eigenvalue weighted by Crippen LogP contribution is 2.21. The Labute approximate surface area is 126 Å². The number of hydrogen-bond acceptors (Lipinski definition) is 6. The van der Waals surface area contributed by atoms with Crippen LogP contribution in [-0.2, 0) is 16.1 Å². The molecule has 2 aromatic heterocycles. The van der Waals surface area contributed by atoms with Gasteiger partial charge in [-0.1, -0.05) is 6.07 Å². The van der Waals surface area contributed by atoms with E-state index in [9.17, 15) is 9.90 Å². The molecule has 21 heavy (non-hydrogen) atoms. The van der Waals surface area contributed by atoms with Gasteiger partial charge in [0.25, 0.3) is 0 Å². The normalized spacial score (nSPS) is 11.4. The minimum Gasteiger partial charge on any atom is -0.388 e. The van der Waals surface area contributed by atoms with Crippen LogP contribution in [0.15, 0.2) is 29.8 Å². The highest BCUT2D eigenvalue weighted by atomic mass is 32.1. The van der Waals surface area contributed by atoms with E-state index < -0.39 is 5.60 Å². The van der Waals surface area contributed by atoms with Crippen molar-refractivity contribution in [3.8, 4) is 10.7 Å². The first-order valence-corrected chi connectivity index (χ1v) is 7.31. The lowest BCUT2D eigenvalue weighted by Crippen LogP contribution is -2.34. The Bertz CT molecular complexity index is 593. The van der Waals surface area contributed by atoms with Gasteiger partial charge in [-0.2, -0.15) is 0 Å². The highest BCUT2D eigenvalue weighted by molar-refractivity contribution is 7.13. The predicted molar refractivity (Wildman–Crippen MR) is 79.4 cm³/mol. The monoisotopic (exact) mass is 307 g/mol. The van der Waals surface area contributed by atoms with E-state index in [0.29, 0.717) is 5.69 Å². The van der Waals surface area contributed by atoms with Crippen molar-refractivity contribution in [1.82, 2.24) is 15.4 Å². The van der Waals surface area contributed by atoms with Crippen LogP contribution in [0.5, 0.6) is 0 Å². The molecule has 2 rings (SSSR count). The molecule has 0 aromatic carbocycles. The van der Waals surface area contributed by atoms with Gasteiger partial charge >= 0.3 is 0 Å². The Kier molecular flexibility index (Phi) is 5.00. The number of hydroxylamine groups is 1. The van der Waals surface area contributed by atoms with Crippen LogP contribution in [0.25, 0.3) is 10.7 Å². The van der Waals surface area contributed by atoms with Crippen LogP contribution >= 0.6 is 11.3 Å². The van der Waals surface area contributed by atoms with Crippen LogP contribution < -0.4 is 5.48 Å². The number of thiazole rings is 1. The Morgan fingerprint density at radius 1 is 1.48 bits per heavy atom. The largest absolute Gasteiger partial charge is 0.388 e. The molecule has 0 fully saturated rings. The molecule has 0 spiro atoms. The predicted octanol–water partition coefficient (Wildman–Crippen LogP) is 1.57. The van der Waals surface area contributed by atoms with E-state index in [1.165, 1.54) is 11.3 Å². The molecule has 1 amide bonds. The number of hydrogen-bond donors (Lipinski definition) is 2. The molecule has 6 nitrogen and oxygen atoms in total. The number of carbonyl (C=O) groups is 1. The molecule has 0 bridgehead atoms. The average molecular weight is 307 g/mol. The second-order valence-corrected chi connectivity index (χ2v) is 6.02. The second kappa shape index (κ2) is 6.75. The zero-order chi connectivity index (χ0) is 15.3. The van der Waals surface area contributed by atoms with Gasteiger partial charge in [-0.05, 0) is 26.0 Å². The Morgan fingerprint density at radius 2 is 2.29 bits per heavy atom. The van der Waals surface area contributed by atoms with Gasteiger partial charge in [-0.25, -0.2) is 10.5 Å². The Balaban J connectivity index is 1.87. The van der Waals surface area contributed by atoms with Crippen molar-refractivity contribution in [2.75, 3.05) is 6.61 Å². The van der Waals surface area contributed by atoms with Crippen LogP contribution in [0.2, 0.25) is 0 Å². The average Bonchev–Trinajstić information content (AvgIpc) is 2.86. The zero-order valence-corrected chi connectivity index (χ0v) is 12.7. The molecule has 7 heteroatoms. The number of nitrogens with one attached hydrogen (secondary N) is 1. The maximum absolute atomic E-state index is 11.7. The van der Waals surface area contributed by atoms with Crippen molar-refractivity contribution in [3.05, 3.63) is 35.5 Å². The smallest absolute Gasteiger partial charge is 0.249 e. The van der Waals surface area contributed by atoms with Crippen LogP contribution in [-0.4, -0.2) is 33.2 Å². The van der Waals surface area contributed by atoms with Gasteiger partial charge in [0.1, 0.15) is 11.6 Å². The van der Waals surface area contributed by atoms with E-state index in [2.05, 4.69) is 15.4 Å². The van der Waals surface area contributed by atoms with E-state index in [4.69, 9.17) is 4.84 Å². The van der Waals surface area contributed by atoms with Crippen molar-refractivity contribution >= 4 is 17.2 Å². The fraction of sp³-hybridized carbons (Fsp3) is 0.357. The maximum atomic E-state index is 11.7. The van der Waals surface area contributed by atoms with Gasteiger partial charge in [0.2, 0.25) is 5.91 Å². The number of amides is 1. The van der Waals surface area contributed by atoms with Crippen LogP contribution in [0, 0.1) is 0 Å². The van der Waals surface area contributed by atoms with Crippen LogP contribution in [0.1, 0.15) is 19.5 Å². The summed E-state index contributed by atoms with van der Waals surface area (Å²) < 4.78 is 0. The first-order chi connectivity index (χ1) is 9.94. The lowest BCUT2D eigenvalue weighted by atomic mass is 10.2. The molecule has 0 aliphatic heterocycles. The molecule has 0 saturated heterocycles. The Hall–Kier alpha value is -1.83. The van der Waals surface area contributed by atoms with Crippen LogP contribution in [0.3, 0.4) is 0 Å². The fourth-order valence-electron chi connectivity index (χ4n) is 1.49. The van der Waals surface area contributed by atoms with Gasteiger partial charge in [-0.3, -0.25) is 14.6 Å². The molecular weight excluding hydrogens is 290 g/mol. The number of aromatic nitrogens is 2. The summed E-state index contributed by atoms with van der Waals surface area (Å²) in [6.45, 7) is 3.21. The summed E-state index contributed by atoms with van der Waals surface area (Å²) >= 11 is 1.44. The summed E-state index contributed by atoms with van der Waals surface area (Å²) in [6, 6.07) is 5.60. The lowest BCUT2D eigenvalue weighted by Gasteiger charge is -2.16. The van der Waals surface area contributed by atoms with E-state index in [1.54, 1.807) is 20.0 Å². The maximum Gasteiger partial charge on any atom is 0.249 e. The van der Waals surface area contributed by atoms with Crippen molar-refractivity contribution in [2.24, 2.45) is 0 Å². The van der Waals surface area contributed by atoms with E-state index >= 15 is 0 Å². The Morgan fingerprint density at radius 3 is 2.95 bits per heavy atom. The van der Waals surface area contributed by atoms with Gasteiger partial charge in [0, 0.05) is 11.6 Å². The first-order valence-electron chi connectivity index (χ1n) is 6.43. The summed E-state index contributed by atoms with van der Waals surface area (Å²) in [6.07, 6.45) is 1.82. The summed E-state index contributed by atoms with van der Waals surface area (Å²) in [5.41, 5.74) is 2.74. The fourth-order valence-corrected chi connectivity index (χ4v) is 2.28. The zero-order valence-electron chi connectivity index (χ0n) is 11.9. The lowest BCUT2D eigenvalue weighted by molar-refractivity contribution is -0.138. The molecular formula is C14H17N3O3S. The minimum atomic E-state index is -0.986. The quantitative estimate of drug-likeness (QED) is 0.791. The number of nitrogens with zero attached hydrogens (tertiary/aromatic N) is 2. The third-order valence-corrected chi connectivity index (χ3v) is 3.30. The van der Waals surface area contributed by atoms with E-state index in [1.807, 2.05) is 23.6 Å².